The van der Waals surface area contributed by atoms with E-state index >= 15 is 0 Å². The first-order valence-electron chi connectivity index (χ1n) is 6.88. The minimum Gasteiger partial charge on any atom is -0.497 e. The van der Waals surface area contributed by atoms with Gasteiger partial charge in [-0.05, 0) is 30.2 Å². The van der Waals surface area contributed by atoms with Crippen molar-refractivity contribution in [2.24, 2.45) is 5.92 Å². The maximum absolute atomic E-state index is 12.1. The molecule has 2 atom stereocenters. The van der Waals surface area contributed by atoms with Crippen molar-refractivity contribution in [3.63, 3.8) is 0 Å². The van der Waals surface area contributed by atoms with Gasteiger partial charge in [-0.15, -0.1) is 0 Å². The van der Waals surface area contributed by atoms with Crippen LogP contribution in [0.25, 0.3) is 0 Å². The monoisotopic (exact) mass is 309 g/mol. The Morgan fingerprint density at radius 1 is 1.45 bits per heavy atom. The molecule has 1 aliphatic heterocycles. The summed E-state index contributed by atoms with van der Waals surface area (Å²) in [5, 5.41) is 11.5. The first-order valence-corrected chi connectivity index (χ1v) is 6.88. The molecule has 1 aromatic carbocycles. The number of rotatable bonds is 6. The molecule has 120 valence electrons. The molecule has 2 N–H and O–H groups in total. The standard InChI is InChI=1S/C15H19NO6/c1-20-11-3-4-12-9(6-11)5-10(8-22-12)14(17)16-7-13(21-2)15(18)19/h3-4,6,10,13H,5,7-8H2,1-2H3,(H,16,17)(H,18,19). The lowest BCUT2D eigenvalue weighted by molar-refractivity contribution is -0.148. The lowest BCUT2D eigenvalue weighted by Gasteiger charge is -2.25. The number of carboxylic acid groups (broad SMARTS) is 1. The lowest BCUT2D eigenvalue weighted by atomic mass is 9.95. The Kier molecular flexibility index (Phi) is 5.21. The van der Waals surface area contributed by atoms with Crippen LogP contribution in [0.4, 0.5) is 0 Å². The number of hydrogen-bond acceptors (Lipinski definition) is 5. The average Bonchev–Trinajstić information content (AvgIpc) is 2.53. The number of methoxy groups -OCH3 is 2. The summed E-state index contributed by atoms with van der Waals surface area (Å²) in [4.78, 5) is 23.0. The fraction of sp³-hybridized carbons (Fsp3) is 0.467. The van der Waals surface area contributed by atoms with Gasteiger partial charge in [-0.1, -0.05) is 0 Å². The van der Waals surface area contributed by atoms with Gasteiger partial charge < -0.3 is 24.6 Å². The van der Waals surface area contributed by atoms with Crippen LogP contribution in [-0.2, 0) is 20.7 Å². The third kappa shape index (κ3) is 3.67. The van der Waals surface area contributed by atoms with Crippen LogP contribution in [0, 0.1) is 5.92 Å². The van der Waals surface area contributed by atoms with Crippen LogP contribution >= 0.6 is 0 Å². The van der Waals surface area contributed by atoms with Crippen LogP contribution in [0.3, 0.4) is 0 Å². The predicted molar refractivity (Wildman–Crippen MR) is 77.1 cm³/mol. The zero-order valence-corrected chi connectivity index (χ0v) is 12.5. The van der Waals surface area contributed by atoms with Gasteiger partial charge in [0.25, 0.3) is 0 Å². The highest BCUT2D eigenvalue weighted by molar-refractivity contribution is 5.81. The van der Waals surface area contributed by atoms with Crippen molar-refractivity contribution in [1.29, 1.82) is 0 Å². The molecule has 0 saturated heterocycles. The fourth-order valence-corrected chi connectivity index (χ4v) is 2.28. The van der Waals surface area contributed by atoms with Crippen molar-refractivity contribution >= 4 is 11.9 Å². The lowest BCUT2D eigenvalue weighted by Crippen LogP contribution is -2.43. The van der Waals surface area contributed by atoms with Crippen molar-refractivity contribution in [3.05, 3.63) is 23.8 Å². The van der Waals surface area contributed by atoms with Crippen LogP contribution in [0.2, 0.25) is 0 Å². The van der Waals surface area contributed by atoms with E-state index in [-0.39, 0.29) is 25.0 Å². The molecule has 0 spiro atoms. The van der Waals surface area contributed by atoms with Gasteiger partial charge in [-0.2, -0.15) is 0 Å². The van der Waals surface area contributed by atoms with Gasteiger partial charge in [-0.25, -0.2) is 4.79 Å². The quantitative estimate of drug-likeness (QED) is 0.793. The van der Waals surface area contributed by atoms with Crippen molar-refractivity contribution < 1.29 is 28.9 Å². The number of amides is 1. The normalized spacial score (nSPS) is 17.8. The molecular formula is C15H19NO6. The molecule has 0 aliphatic carbocycles. The second-order valence-corrected chi connectivity index (χ2v) is 4.99. The molecule has 2 rings (SSSR count). The van der Waals surface area contributed by atoms with Crippen LogP contribution in [0.15, 0.2) is 18.2 Å². The van der Waals surface area contributed by atoms with E-state index in [9.17, 15) is 9.59 Å². The van der Waals surface area contributed by atoms with E-state index in [0.29, 0.717) is 12.2 Å². The molecule has 22 heavy (non-hydrogen) atoms. The molecule has 7 nitrogen and oxygen atoms in total. The Balaban J connectivity index is 1.96. The van der Waals surface area contributed by atoms with Crippen LogP contribution in [0.1, 0.15) is 5.56 Å². The minimum atomic E-state index is -1.11. The summed E-state index contributed by atoms with van der Waals surface area (Å²) >= 11 is 0. The summed E-state index contributed by atoms with van der Waals surface area (Å²) in [5.74, 6) is -0.292. The van der Waals surface area contributed by atoms with E-state index in [1.807, 2.05) is 12.1 Å². The summed E-state index contributed by atoms with van der Waals surface area (Å²) in [6, 6.07) is 5.45. The molecule has 0 aromatic heterocycles. The summed E-state index contributed by atoms with van der Waals surface area (Å²) in [6.07, 6.45) is -0.538. The number of ether oxygens (including phenoxy) is 3. The van der Waals surface area contributed by atoms with Gasteiger partial charge in [0, 0.05) is 7.11 Å². The first kappa shape index (κ1) is 16.1. The molecule has 0 saturated carbocycles. The average molecular weight is 309 g/mol. The fourth-order valence-electron chi connectivity index (χ4n) is 2.28. The summed E-state index contributed by atoms with van der Waals surface area (Å²) in [7, 11) is 2.86. The number of carboxylic acids is 1. The maximum Gasteiger partial charge on any atom is 0.334 e. The molecule has 0 radical (unpaired) electrons. The van der Waals surface area contributed by atoms with E-state index in [1.54, 1.807) is 13.2 Å². The largest absolute Gasteiger partial charge is 0.497 e. The highest BCUT2D eigenvalue weighted by Crippen LogP contribution is 2.30. The second-order valence-electron chi connectivity index (χ2n) is 4.99. The summed E-state index contributed by atoms with van der Waals surface area (Å²) in [5.41, 5.74) is 0.896. The van der Waals surface area contributed by atoms with Crippen LogP contribution in [-0.4, -0.2) is 50.5 Å². The Labute approximate surface area is 128 Å². The number of carbonyl (C=O) groups is 2. The Morgan fingerprint density at radius 2 is 2.23 bits per heavy atom. The molecular weight excluding hydrogens is 290 g/mol. The van der Waals surface area contributed by atoms with E-state index in [2.05, 4.69) is 5.32 Å². The third-order valence-electron chi connectivity index (χ3n) is 3.57. The van der Waals surface area contributed by atoms with E-state index in [4.69, 9.17) is 19.3 Å². The third-order valence-corrected chi connectivity index (χ3v) is 3.57. The Morgan fingerprint density at radius 3 is 2.86 bits per heavy atom. The topological polar surface area (TPSA) is 94.1 Å². The Bertz CT molecular complexity index is 559. The van der Waals surface area contributed by atoms with E-state index in [1.165, 1.54) is 7.11 Å². The zero-order valence-electron chi connectivity index (χ0n) is 12.5. The second kappa shape index (κ2) is 7.13. The summed E-state index contributed by atoms with van der Waals surface area (Å²) < 4.78 is 15.5. The highest BCUT2D eigenvalue weighted by atomic mass is 16.5. The smallest absolute Gasteiger partial charge is 0.334 e. The van der Waals surface area contributed by atoms with Crippen LogP contribution in [0.5, 0.6) is 11.5 Å². The molecule has 2 unspecified atom stereocenters. The number of benzene rings is 1. The molecule has 1 aromatic rings. The SMILES string of the molecule is COc1ccc2c(c1)CC(C(=O)NCC(OC)C(=O)O)CO2. The molecule has 1 aliphatic rings. The zero-order chi connectivity index (χ0) is 16.1. The van der Waals surface area contributed by atoms with Gasteiger partial charge in [0.1, 0.15) is 18.1 Å². The molecule has 1 amide bonds. The number of nitrogens with one attached hydrogen (secondary N) is 1. The molecule has 7 heteroatoms. The first-order chi connectivity index (χ1) is 10.5. The number of hydrogen-bond donors (Lipinski definition) is 2. The maximum atomic E-state index is 12.1. The highest BCUT2D eigenvalue weighted by Gasteiger charge is 2.27. The Hall–Kier alpha value is -2.28. The van der Waals surface area contributed by atoms with E-state index in [0.717, 1.165) is 11.3 Å². The minimum absolute atomic E-state index is 0.0772. The van der Waals surface area contributed by atoms with Crippen molar-refractivity contribution in [2.75, 3.05) is 27.4 Å². The number of carbonyl (C=O) groups excluding carboxylic acids is 1. The van der Waals surface area contributed by atoms with Gasteiger partial charge in [0.15, 0.2) is 6.10 Å². The number of aliphatic carboxylic acids is 1. The van der Waals surface area contributed by atoms with Crippen molar-refractivity contribution in [1.82, 2.24) is 5.32 Å². The van der Waals surface area contributed by atoms with Gasteiger partial charge in [0.2, 0.25) is 5.91 Å². The van der Waals surface area contributed by atoms with Crippen LogP contribution < -0.4 is 14.8 Å². The van der Waals surface area contributed by atoms with E-state index < -0.39 is 12.1 Å². The molecule has 1 heterocycles. The van der Waals surface area contributed by atoms with Gasteiger partial charge in [0.05, 0.1) is 19.6 Å². The van der Waals surface area contributed by atoms with Crippen molar-refractivity contribution in [3.8, 4) is 11.5 Å². The predicted octanol–water partition coefficient (Wildman–Crippen LogP) is 0.462. The van der Waals surface area contributed by atoms with Crippen molar-refractivity contribution in [2.45, 2.75) is 12.5 Å². The summed E-state index contributed by atoms with van der Waals surface area (Å²) in [6.45, 7) is 0.183. The van der Waals surface area contributed by atoms with Gasteiger partial charge in [-0.3, -0.25) is 4.79 Å². The number of fused-ring (bicyclic) bond motifs is 1. The van der Waals surface area contributed by atoms with Gasteiger partial charge >= 0.3 is 5.97 Å². The molecule has 0 fully saturated rings. The molecule has 0 bridgehead atoms.